The average molecular weight is 519 g/mol. The number of sulfone groups is 1. The van der Waals surface area contributed by atoms with Crippen molar-refractivity contribution in [3.8, 4) is 6.07 Å². The number of carbonyl (C=O) groups is 1. The zero-order valence-electron chi connectivity index (χ0n) is 20.1. The Bertz CT molecular complexity index is 1570. The van der Waals surface area contributed by atoms with Gasteiger partial charge in [0, 0.05) is 44.1 Å². The predicted octanol–water partition coefficient (Wildman–Crippen LogP) is 1.23. The summed E-state index contributed by atoms with van der Waals surface area (Å²) in [6.07, 6.45) is 3.16. The molecule has 0 bridgehead atoms. The predicted molar refractivity (Wildman–Crippen MR) is 141 cm³/mol. The summed E-state index contributed by atoms with van der Waals surface area (Å²) in [5.41, 5.74) is 1.05. The Morgan fingerprint density at radius 3 is 2.43 bits per heavy atom. The number of nitrogens with one attached hydrogen (secondary N) is 1. The lowest BCUT2D eigenvalue weighted by Gasteiger charge is -2.37. The van der Waals surface area contributed by atoms with Crippen LogP contribution in [0.5, 0.6) is 0 Å². The first-order chi connectivity index (χ1) is 17.8. The Morgan fingerprint density at radius 1 is 1.05 bits per heavy atom. The number of benzene rings is 1. The molecule has 0 spiro atoms. The number of carbonyl (C=O) groups excluding carboxylic acids is 1. The van der Waals surface area contributed by atoms with Crippen molar-refractivity contribution >= 4 is 39.0 Å². The minimum atomic E-state index is -3.20. The molecule has 1 unspecified atom stereocenters. The van der Waals surface area contributed by atoms with Crippen LogP contribution in [0.3, 0.4) is 0 Å². The molecule has 2 saturated heterocycles. The maximum atomic E-state index is 13.5. The molecule has 1 N–H and O–H groups in total. The van der Waals surface area contributed by atoms with Gasteiger partial charge in [0.25, 0.3) is 11.5 Å². The van der Waals surface area contributed by atoms with Gasteiger partial charge in [-0.15, -0.1) is 0 Å². The molecular formula is C26H26N6O4S. The van der Waals surface area contributed by atoms with Crippen molar-refractivity contribution < 1.29 is 13.2 Å². The van der Waals surface area contributed by atoms with Gasteiger partial charge in [-0.2, -0.15) is 5.26 Å². The van der Waals surface area contributed by atoms with Gasteiger partial charge in [0.1, 0.15) is 23.1 Å². The summed E-state index contributed by atoms with van der Waals surface area (Å²) in [5, 5.41) is 12.4. The summed E-state index contributed by atoms with van der Waals surface area (Å²) in [7, 11) is -3.20. The second kappa shape index (κ2) is 10.1. The molecule has 1 amide bonds. The Morgan fingerprint density at radius 2 is 1.76 bits per heavy atom. The van der Waals surface area contributed by atoms with Crippen LogP contribution in [-0.4, -0.2) is 67.4 Å². The van der Waals surface area contributed by atoms with Crippen LogP contribution in [0.15, 0.2) is 65.1 Å². The first-order valence-electron chi connectivity index (χ1n) is 12.0. The molecule has 10 nitrogen and oxygen atoms in total. The van der Waals surface area contributed by atoms with Crippen LogP contribution in [0.2, 0.25) is 0 Å². The molecule has 2 aromatic heterocycles. The number of pyridine rings is 1. The molecule has 5 rings (SSSR count). The van der Waals surface area contributed by atoms with Crippen molar-refractivity contribution in [1.82, 2.24) is 14.7 Å². The SMILES string of the molecule is N#C/C(=C\c1c(N2CCN(c3ccccc3)CC2)nc2ccccn2c1=O)C(=O)NC1CCS(=O)(=O)C1. The summed E-state index contributed by atoms with van der Waals surface area (Å²) in [6, 6.07) is 16.6. The van der Waals surface area contributed by atoms with E-state index in [1.165, 1.54) is 10.5 Å². The number of anilines is 2. The van der Waals surface area contributed by atoms with Crippen LogP contribution >= 0.6 is 0 Å². The molecule has 4 heterocycles. The van der Waals surface area contributed by atoms with E-state index in [9.17, 15) is 23.3 Å². The van der Waals surface area contributed by atoms with E-state index in [1.54, 1.807) is 24.4 Å². The number of hydrogen-bond donors (Lipinski definition) is 1. The van der Waals surface area contributed by atoms with Gasteiger partial charge in [-0.3, -0.25) is 14.0 Å². The van der Waals surface area contributed by atoms with E-state index in [0.29, 0.717) is 44.1 Å². The summed E-state index contributed by atoms with van der Waals surface area (Å²) in [4.78, 5) is 35.3. The maximum absolute atomic E-state index is 13.5. The molecule has 2 aliphatic rings. The Kier molecular flexibility index (Phi) is 6.67. The number of nitriles is 1. The Balaban J connectivity index is 1.47. The van der Waals surface area contributed by atoms with Gasteiger partial charge < -0.3 is 15.1 Å². The molecule has 1 aromatic carbocycles. The number of aromatic nitrogens is 2. The summed E-state index contributed by atoms with van der Waals surface area (Å²) < 4.78 is 24.9. The number of amides is 1. The third-order valence-electron chi connectivity index (χ3n) is 6.67. The van der Waals surface area contributed by atoms with E-state index >= 15 is 0 Å². The number of rotatable bonds is 5. The van der Waals surface area contributed by atoms with E-state index < -0.39 is 27.3 Å². The molecule has 190 valence electrons. The third-order valence-corrected chi connectivity index (χ3v) is 8.44. The lowest BCUT2D eigenvalue weighted by molar-refractivity contribution is -0.117. The van der Waals surface area contributed by atoms with Crippen LogP contribution < -0.4 is 20.7 Å². The molecule has 0 aliphatic carbocycles. The highest BCUT2D eigenvalue weighted by molar-refractivity contribution is 7.91. The van der Waals surface area contributed by atoms with Crippen LogP contribution in [-0.2, 0) is 14.6 Å². The fourth-order valence-corrected chi connectivity index (χ4v) is 6.41. The number of piperazine rings is 1. The molecular weight excluding hydrogens is 492 g/mol. The topological polar surface area (TPSA) is 128 Å². The minimum absolute atomic E-state index is 0.00139. The smallest absolute Gasteiger partial charge is 0.267 e. The largest absolute Gasteiger partial charge is 0.368 e. The summed E-state index contributed by atoms with van der Waals surface area (Å²) >= 11 is 0. The highest BCUT2D eigenvalue weighted by Gasteiger charge is 2.30. The highest BCUT2D eigenvalue weighted by Crippen LogP contribution is 2.23. The zero-order valence-corrected chi connectivity index (χ0v) is 20.9. The van der Waals surface area contributed by atoms with Gasteiger partial charge in [0.05, 0.1) is 17.1 Å². The van der Waals surface area contributed by atoms with E-state index in [-0.39, 0.29) is 22.6 Å². The number of hydrogen-bond acceptors (Lipinski definition) is 8. The normalized spacial score (nSPS) is 19.5. The van der Waals surface area contributed by atoms with Crippen molar-refractivity contribution in [2.75, 3.05) is 47.5 Å². The van der Waals surface area contributed by atoms with Crippen LogP contribution in [0.25, 0.3) is 11.7 Å². The zero-order chi connectivity index (χ0) is 26.0. The highest BCUT2D eigenvalue weighted by atomic mass is 32.2. The Hall–Kier alpha value is -4.17. The molecule has 11 heteroatoms. The van der Waals surface area contributed by atoms with Gasteiger partial charge in [-0.25, -0.2) is 13.4 Å². The number of nitrogens with zero attached hydrogens (tertiary/aromatic N) is 5. The van der Waals surface area contributed by atoms with Gasteiger partial charge in [0.2, 0.25) is 0 Å². The molecule has 37 heavy (non-hydrogen) atoms. The van der Waals surface area contributed by atoms with E-state index in [1.807, 2.05) is 29.2 Å². The molecule has 3 aromatic rings. The molecule has 0 radical (unpaired) electrons. The standard InChI is InChI=1S/C26H26N6O4S/c27-17-19(25(33)28-20-9-15-37(35,36)18-20)16-22-24(29-23-8-4-5-10-32(23)26(22)34)31-13-11-30(12-14-31)21-6-2-1-3-7-21/h1-8,10,16,20H,9,11-15,18H2,(H,28,33)/b19-16+. The quantitative estimate of drug-likeness (QED) is 0.395. The fraction of sp³-hybridized carbons (Fsp3) is 0.308. The number of para-hydroxylation sites is 1. The van der Waals surface area contributed by atoms with Gasteiger partial charge in [0.15, 0.2) is 9.84 Å². The summed E-state index contributed by atoms with van der Waals surface area (Å²) in [6.45, 7) is 2.62. The van der Waals surface area contributed by atoms with Gasteiger partial charge >= 0.3 is 0 Å². The van der Waals surface area contributed by atoms with Crippen molar-refractivity contribution in [2.45, 2.75) is 12.5 Å². The van der Waals surface area contributed by atoms with Crippen LogP contribution in [0.1, 0.15) is 12.0 Å². The monoisotopic (exact) mass is 518 g/mol. The van der Waals surface area contributed by atoms with E-state index in [2.05, 4.69) is 22.3 Å². The van der Waals surface area contributed by atoms with Crippen molar-refractivity contribution in [1.29, 1.82) is 5.26 Å². The second-order valence-electron chi connectivity index (χ2n) is 9.14. The van der Waals surface area contributed by atoms with Gasteiger partial charge in [-0.1, -0.05) is 24.3 Å². The molecule has 0 saturated carbocycles. The second-order valence-corrected chi connectivity index (χ2v) is 11.4. The van der Waals surface area contributed by atoms with Crippen molar-refractivity contribution in [3.05, 3.63) is 76.2 Å². The first kappa shape index (κ1) is 24.5. The molecule has 2 aliphatic heterocycles. The molecule has 1 atom stereocenters. The Labute approximate surface area is 214 Å². The maximum Gasteiger partial charge on any atom is 0.267 e. The van der Waals surface area contributed by atoms with E-state index in [4.69, 9.17) is 4.98 Å². The lowest BCUT2D eigenvalue weighted by Crippen LogP contribution is -2.47. The third kappa shape index (κ3) is 5.20. The first-order valence-corrected chi connectivity index (χ1v) is 13.9. The summed E-state index contributed by atoms with van der Waals surface area (Å²) in [5.74, 6) is -0.456. The van der Waals surface area contributed by atoms with Crippen LogP contribution in [0, 0.1) is 11.3 Å². The van der Waals surface area contributed by atoms with E-state index in [0.717, 1.165) is 5.69 Å². The van der Waals surface area contributed by atoms with Crippen LogP contribution in [0.4, 0.5) is 11.5 Å². The number of fused-ring (bicyclic) bond motifs is 1. The van der Waals surface area contributed by atoms with Crippen molar-refractivity contribution in [2.24, 2.45) is 0 Å². The minimum Gasteiger partial charge on any atom is -0.368 e. The molecule has 2 fully saturated rings. The average Bonchev–Trinajstić information content (AvgIpc) is 3.26. The lowest BCUT2D eigenvalue weighted by atomic mass is 10.1. The van der Waals surface area contributed by atoms with Gasteiger partial charge in [-0.05, 0) is 36.8 Å². The fourth-order valence-electron chi connectivity index (χ4n) is 4.74. The van der Waals surface area contributed by atoms with Crippen molar-refractivity contribution in [3.63, 3.8) is 0 Å².